The highest BCUT2D eigenvalue weighted by atomic mass is 35.5. The van der Waals surface area contributed by atoms with Crippen LogP contribution in [0.4, 0.5) is 11.5 Å². The lowest BCUT2D eigenvalue weighted by molar-refractivity contribution is -0.124. The van der Waals surface area contributed by atoms with Crippen LogP contribution in [0.5, 0.6) is 0 Å². The zero-order valence-corrected chi connectivity index (χ0v) is 18.9. The van der Waals surface area contributed by atoms with Crippen molar-refractivity contribution in [2.45, 2.75) is 39.2 Å². The number of aromatic nitrogens is 2. The molecule has 1 fully saturated rings. The van der Waals surface area contributed by atoms with Gasteiger partial charge >= 0.3 is 0 Å². The van der Waals surface area contributed by atoms with Gasteiger partial charge in [0.2, 0.25) is 0 Å². The topological polar surface area (TPSA) is 53.7 Å². The molecule has 2 aromatic carbocycles. The van der Waals surface area contributed by atoms with E-state index < -0.39 is 5.41 Å². The van der Waals surface area contributed by atoms with E-state index in [1.54, 1.807) is 17.1 Å². The Morgan fingerprint density at radius 1 is 1.03 bits per heavy atom. The standard InChI is InChI=1S/C25H24ClN5O/c1-16-21-15-25(17(2)28-31(24(25)32)20-12-10-18(26)11-13-20)22-9-6-14-29(22)23(21)30(27-16)19-7-4-3-5-8-19/h3-5,7-8,10-13,22H,6,9,14-15H2,1-2H3/t22-,25+/m1/s1. The van der Waals surface area contributed by atoms with Crippen molar-refractivity contribution < 1.29 is 4.79 Å². The van der Waals surface area contributed by atoms with Crippen LogP contribution in [0.2, 0.25) is 5.02 Å². The van der Waals surface area contributed by atoms with Crippen LogP contribution in [-0.4, -0.2) is 34.0 Å². The zero-order chi connectivity index (χ0) is 22.0. The first-order chi connectivity index (χ1) is 15.5. The summed E-state index contributed by atoms with van der Waals surface area (Å²) in [5, 5.41) is 11.9. The number of carbonyl (C=O) groups excluding carboxylic acids is 1. The average Bonchev–Trinajstić information content (AvgIpc) is 3.48. The first kappa shape index (κ1) is 19.6. The summed E-state index contributed by atoms with van der Waals surface area (Å²) < 4.78 is 2.05. The van der Waals surface area contributed by atoms with E-state index in [-0.39, 0.29) is 11.9 Å². The minimum absolute atomic E-state index is 0.0479. The lowest BCUT2D eigenvalue weighted by Crippen LogP contribution is -2.57. The fourth-order valence-electron chi connectivity index (χ4n) is 5.70. The minimum atomic E-state index is -0.668. The van der Waals surface area contributed by atoms with Gasteiger partial charge in [0.25, 0.3) is 5.91 Å². The Morgan fingerprint density at radius 2 is 1.78 bits per heavy atom. The predicted molar refractivity (Wildman–Crippen MR) is 127 cm³/mol. The molecule has 6 nitrogen and oxygen atoms in total. The van der Waals surface area contributed by atoms with Crippen molar-refractivity contribution in [2.24, 2.45) is 10.5 Å². The summed E-state index contributed by atoms with van der Waals surface area (Å²) in [4.78, 5) is 16.5. The number of halogens is 1. The van der Waals surface area contributed by atoms with Gasteiger partial charge in [0.1, 0.15) is 11.2 Å². The highest BCUT2D eigenvalue weighted by Crippen LogP contribution is 2.51. The van der Waals surface area contributed by atoms with Gasteiger partial charge in [0.15, 0.2) is 0 Å². The van der Waals surface area contributed by atoms with E-state index >= 15 is 0 Å². The molecular formula is C25H24ClN5O. The molecule has 0 unspecified atom stereocenters. The van der Waals surface area contributed by atoms with Crippen LogP contribution in [0, 0.1) is 12.3 Å². The molecule has 3 aliphatic rings. The molecule has 7 heteroatoms. The van der Waals surface area contributed by atoms with Crippen molar-refractivity contribution in [1.29, 1.82) is 0 Å². The molecule has 0 bridgehead atoms. The molecule has 162 valence electrons. The van der Waals surface area contributed by atoms with Crippen molar-refractivity contribution in [3.05, 3.63) is 70.9 Å². The number of fused-ring (bicyclic) bond motifs is 4. The minimum Gasteiger partial charge on any atom is -0.352 e. The molecular weight excluding hydrogens is 422 g/mol. The molecule has 1 spiro atoms. The van der Waals surface area contributed by atoms with Crippen LogP contribution in [0.15, 0.2) is 59.7 Å². The molecule has 0 aliphatic carbocycles. The summed E-state index contributed by atoms with van der Waals surface area (Å²) in [6, 6.07) is 17.6. The lowest BCUT2D eigenvalue weighted by Gasteiger charge is -2.44. The van der Waals surface area contributed by atoms with E-state index in [4.69, 9.17) is 21.8 Å². The number of rotatable bonds is 2. The number of anilines is 2. The maximum absolute atomic E-state index is 14.0. The van der Waals surface area contributed by atoms with Crippen LogP contribution >= 0.6 is 11.6 Å². The molecule has 0 radical (unpaired) electrons. The SMILES string of the molecule is CC1=NN(c2ccc(Cl)cc2)C(=O)[C@@]12Cc1c(C)nn(-c3ccccc3)c1N1CCC[C@@H]12. The summed E-state index contributed by atoms with van der Waals surface area (Å²) >= 11 is 6.07. The third-order valence-electron chi connectivity index (χ3n) is 7.25. The fraction of sp³-hybridized carbons (Fsp3) is 0.320. The maximum atomic E-state index is 14.0. The van der Waals surface area contributed by atoms with Gasteiger partial charge in [0.05, 0.1) is 28.8 Å². The number of benzene rings is 2. The molecule has 3 aromatic rings. The molecule has 1 amide bonds. The molecule has 1 saturated heterocycles. The van der Waals surface area contributed by atoms with Gasteiger partial charge in [-0.25, -0.2) is 4.68 Å². The summed E-state index contributed by atoms with van der Waals surface area (Å²) in [5.74, 6) is 1.18. The van der Waals surface area contributed by atoms with Crippen molar-refractivity contribution >= 4 is 34.7 Å². The molecule has 0 saturated carbocycles. The Morgan fingerprint density at radius 3 is 2.53 bits per heavy atom. The van der Waals surface area contributed by atoms with E-state index in [0.29, 0.717) is 11.4 Å². The second-order valence-corrected chi connectivity index (χ2v) is 9.35. The number of hydrazone groups is 1. The summed E-state index contributed by atoms with van der Waals surface area (Å²) in [6.07, 6.45) is 2.64. The van der Waals surface area contributed by atoms with Gasteiger partial charge in [-0.15, -0.1) is 0 Å². The van der Waals surface area contributed by atoms with Crippen LogP contribution in [0.1, 0.15) is 31.0 Å². The Labute approximate surface area is 192 Å². The third-order valence-corrected chi connectivity index (χ3v) is 7.50. The fourth-order valence-corrected chi connectivity index (χ4v) is 5.83. The highest BCUT2D eigenvalue weighted by molar-refractivity contribution is 6.30. The molecule has 32 heavy (non-hydrogen) atoms. The van der Waals surface area contributed by atoms with E-state index in [1.807, 2.05) is 44.2 Å². The Kier molecular flexibility index (Phi) is 4.24. The summed E-state index contributed by atoms with van der Waals surface area (Å²) in [6.45, 7) is 4.97. The highest BCUT2D eigenvalue weighted by Gasteiger charge is 2.60. The summed E-state index contributed by atoms with van der Waals surface area (Å²) in [5.41, 5.74) is 4.13. The van der Waals surface area contributed by atoms with Gasteiger partial charge in [-0.2, -0.15) is 15.2 Å². The molecule has 4 heterocycles. The number of nitrogens with zero attached hydrogens (tertiary/aromatic N) is 5. The third kappa shape index (κ3) is 2.56. The Bertz CT molecular complexity index is 1250. The largest absolute Gasteiger partial charge is 0.352 e. The number of hydrogen-bond donors (Lipinski definition) is 0. The molecule has 0 N–H and O–H groups in total. The quantitative estimate of drug-likeness (QED) is 0.571. The van der Waals surface area contributed by atoms with E-state index in [2.05, 4.69) is 21.7 Å². The van der Waals surface area contributed by atoms with Crippen molar-refractivity contribution in [1.82, 2.24) is 9.78 Å². The normalized spacial score (nSPS) is 24.2. The van der Waals surface area contributed by atoms with E-state index in [1.165, 1.54) is 0 Å². The van der Waals surface area contributed by atoms with Gasteiger partial charge in [-0.1, -0.05) is 29.8 Å². The number of carbonyl (C=O) groups is 1. The van der Waals surface area contributed by atoms with E-state index in [9.17, 15) is 4.79 Å². The Balaban J connectivity index is 1.48. The smallest absolute Gasteiger partial charge is 0.261 e. The first-order valence-corrected chi connectivity index (χ1v) is 11.4. The predicted octanol–water partition coefficient (Wildman–Crippen LogP) is 4.77. The molecule has 2 atom stereocenters. The van der Waals surface area contributed by atoms with E-state index in [0.717, 1.165) is 53.5 Å². The molecule has 3 aliphatic heterocycles. The van der Waals surface area contributed by atoms with Crippen molar-refractivity contribution in [2.75, 3.05) is 16.5 Å². The molecule has 1 aromatic heterocycles. The number of hydrogen-bond acceptors (Lipinski definition) is 4. The lowest BCUT2D eigenvalue weighted by atomic mass is 9.68. The first-order valence-electron chi connectivity index (χ1n) is 11.1. The van der Waals surface area contributed by atoms with Gasteiger partial charge in [-0.05, 0) is 69.5 Å². The maximum Gasteiger partial charge on any atom is 0.261 e. The number of aryl methyl sites for hydroxylation is 1. The number of para-hydroxylation sites is 1. The monoisotopic (exact) mass is 445 g/mol. The zero-order valence-electron chi connectivity index (χ0n) is 18.1. The van der Waals surface area contributed by atoms with Crippen LogP contribution < -0.4 is 9.91 Å². The van der Waals surface area contributed by atoms with Gasteiger partial charge in [-0.3, -0.25) is 4.79 Å². The van der Waals surface area contributed by atoms with Gasteiger partial charge in [0, 0.05) is 17.1 Å². The van der Waals surface area contributed by atoms with Gasteiger partial charge < -0.3 is 4.90 Å². The van der Waals surface area contributed by atoms with Crippen molar-refractivity contribution in [3.63, 3.8) is 0 Å². The van der Waals surface area contributed by atoms with Crippen molar-refractivity contribution in [3.8, 4) is 5.69 Å². The van der Waals surface area contributed by atoms with Crippen LogP contribution in [0.25, 0.3) is 5.69 Å². The number of amides is 1. The molecule has 6 rings (SSSR count). The average molecular weight is 446 g/mol. The second-order valence-electron chi connectivity index (χ2n) is 8.91. The van der Waals surface area contributed by atoms with Crippen LogP contribution in [-0.2, 0) is 11.2 Å². The Hall–Kier alpha value is -3.12. The van der Waals surface area contributed by atoms with Crippen LogP contribution in [0.3, 0.4) is 0 Å². The second kappa shape index (κ2) is 6.94. The summed E-state index contributed by atoms with van der Waals surface area (Å²) in [7, 11) is 0.